The van der Waals surface area contributed by atoms with Gasteiger partial charge in [-0.25, -0.2) is 8.42 Å². The minimum Gasteiger partial charge on any atom is -0.335 e. The Labute approximate surface area is 134 Å². The van der Waals surface area contributed by atoms with Crippen LogP contribution in [-0.4, -0.2) is 31.8 Å². The second kappa shape index (κ2) is 6.15. The number of hydrogen-bond acceptors (Lipinski definition) is 3. The van der Waals surface area contributed by atoms with Gasteiger partial charge in [0.2, 0.25) is 0 Å². The van der Waals surface area contributed by atoms with Crippen molar-refractivity contribution in [2.24, 2.45) is 5.92 Å². The minimum absolute atomic E-state index is 0.0262. The fourth-order valence-electron chi connectivity index (χ4n) is 2.24. The lowest BCUT2D eigenvalue weighted by Gasteiger charge is -2.25. The van der Waals surface area contributed by atoms with E-state index >= 15 is 0 Å². The van der Waals surface area contributed by atoms with Crippen LogP contribution in [0, 0.1) is 5.92 Å². The monoisotopic (exact) mass is 349 g/mol. The van der Waals surface area contributed by atoms with Crippen LogP contribution >= 0.6 is 22.3 Å². The van der Waals surface area contributed by atoms with E-state index in [1.54, 1.807) is 4.90 Å². The first-order chi connectivity index (χ1) is 9.71. The SMILES string of the molecule is CC(C)CN(C(=O)c1c(Cl)cccc1S(=O)(=O)Cl)C1CC1. The third kappa shape index (κ3) is 3.90. The highest BCUT2D eigenvalue weighted by Crippen LogP contribution is 2.33. The van der Waals surface area contributed by atoms with Crippen LogP contribution < -0.4 is 0 Å². The Morgan fingerprint density at radius 2 is 2.00 bits per heavy atom. The smallest absolute Gasteiger partial charge is 0.262 e. The van der Waals surface area contributed by atoms with Gasteiger partial charge in [0, 0.05) is 23.3 Å². The molecule has 0 aliphatic heterocycles. The van der Waals surface area contributed by atoms with Crippen LogP contribution in [0.15, 0.2) is 23.1 Å². The Bertz CT molecular complexity index is 654. The first-order valence-corrected chi connectivity index (χ1v) is 9.44. The largest absolute Gasteiger partial charge is 0.335 e. The van der Waals surface area contributed by atoms with E-state index in [4.69, 9.17) is 22.3 Å². The van der Waals surface area contributed by atoms with E-state index in [1.807, 2.05) is 13.8 Å². The van der Waals surface area contributed by atoms with E-state index in [1.165, 1.54) is 18.2 Å². The lowest BCUT2D eigenvalue weighted by Crippen LogP contribution is -2.36. The molecule has 0 spiro atoms. The zero-order chi connectivity index (χ0) is 15.8. The molecule has 0 atom stereocenters. The van der Waals surface area contributed by atoms with Crippen LogP contribution in [0.1, 0.15) is 37.0 Å². The molecule has 0 bridgehead atoms. The van der Waals surface area contributed by atoms with Crippen LogP contribution in [-0.2, 0) is 9.05 Å². The molecule has 1 fully saturated rings. The number of hydrogen-bond donors (Lipinski definition) is 0. The van der Waals surface area contributed by atoms with Crippen molar-refractivity contribution in [2.75, 3.05) is 6.54 Å². The lowest BCUT2D eigenvalue weighted by molar-refractivity contribution is 0.0719. The molecule has 1 saturated carbocycles. The topological polar surface area (TPSA) is 54.5 Å². The molecule has 1 aliphatic carbocycles. The molecule has 1 amide bonds. The molecular formula is C14H17Cl2NO3S. The summed E-state index contributed by atoms with van der Waals surface area (Å²) in [6.07, 6.45) is 1.87. The van der Waals surface area contributed by atoms with Gasteiger partial charge in [-0.05, 0) is 30.9 Å². The first kappa shape index (κ1) is 16.6. The van der Waals surface area contributed by atoms with Gasteiger partial charge >= 0.3 is 0 Å². The number of halogens is 2. The molecule has 4 nitrogen and oxygen atoms in total. The van der Waals surface area contributed by atoms with Gasteiger partial charge in [-0.3, -0.25) is 4.79 Å². The maximum atomic E-state index is 12.8. The molecule has 0 N–H and O–H groups in total. The molecule has 1 aromatic carbocycles. The standard InChI is InChI=1S/C14H17Cl2NO3S/c1-9(2)8-17(10-6-7-10)14(18)13-11(15)4-3-5-12(13)21(16,19)20/h3-5,9-10H,6-8H2,1-2H3. The first-order valence-electron chi connectivity index (χ1n) is 6.76. The molecule has 0 radical (unpaired) electrons. The van der Waals surface area contributed by atoms with Gasteiger partial charge in [0.1, 0.15) is 0 Å². The minimum atomic E-state index is -4.03. The highest BCUT2D eigenvalue weighted by Gasteiger charge is 2.36. The maximum absolute atomic E-state index is 12.8. The number of carbonyl (C=O) groups excluding carboxylic acids is 1. The number of nitrogens with zero attached hydrogens (tertiary/aromatic N) is 1. The number of benzene rings is 1. The Hall–Kier alpha value is -0.780. The van der Waals surface area contributed by atoms with E-state index in [9.17, 15) is 13.2 Å². The number of amides is 1. The van der Waals surface area contributed by atoms with Gasteiger partial charge in [-0.15, -0.1) is 0 Å². The van der Waals surface area contributed by atoms with Crippen LogP contribution in [0.4, 0.5) is 0 Å². The Kier molecular flexibility index (Phi) is 4.85. The van der Waals surface area contributed by atoms with Crippen molar-refractivity contribution < 1.29 is 13.2 Å². The molecule has 0 heterocycles. The summed E-state index contributed by atoms with van der Waals surface area (Å²) >= 11 is 6.07. The van der Waals surface area contributed by atoms with Crippen molar-refractivity contribution >= 4 is 37.2 Å². The van der Waals surface area contributed by atoms with E-state index in [-0.39, 0.29) is 33.3 Å². The number of carbonyl (C=O) groups is 1. The van der Waals surface area contributed by atoms with Crippen molar-refractivity contribution in [1.82, 2.24) is 4.90 Å². The summed E-state index contributed by atoms with van der Waals surface area (Å²) in [7, 11) is 1.40. The van der Waals surface area contributed by atoms with E-state index in [0.29, 0.717) is 6.54 Å². The van der Waals surface area contributed by atoms with Gasteiger partial charge in [-0.1, -0.05) is 31.5 Å². The normalized spacial score (nSPS) is 15.3. The second-order valence-corrected chi connectivity index (χ2v) is 8.57. The van der Waals surface area contributed by atoms with Gasteiger partial charge in [0.05, 0.1) is 15.5 Å². The molecule has 0 saturated heterocycles. The molecular weight excluding hydrogens is 333 g/mol. The van der Waals surface area contributed by atoms with Gasteiger partial charge in [0.15, 0.2) is 0 Å². The molecule has 2 rings (SSSR count). The zero-order valence-electron chi connectivity index (χ0n) is 11.8. The summed E-state index contributed by atoms with van der Waals surface area (Å²) in [4.78, 5) is 14.2. The summed E-state index contributed by atoms with van der Waals surface area (Å²) in [5.41, 5.74) is -0.0262. The molecule has 0 aromatic heterocycles. The zero-order valence-corrected chi connectivity index (χ0v) is 14.2. The molecule has 21 heavy (non-hydrogen) atoms. The fraction of sp³-hybridized carbons (Fsp3) is 0.500. The third-order valence-corrected chi connectivity index (χ3v) is 4.94. The van der Waals surface area contributed by atoms with Crippen molar-refractivity contribution in [1.29, 1.82) is 0 Å². The van der Waals surface area contributed by atoms with E-state index in [0.717, 1.165) is 12.8 Å². The maximum Gasteiger partial charge on any atom is 0.262 e. The van der Waals surface area contributed by atoms with E-state index in [2.05, 4.69) is 0 Å². The van der Waals surface area contributed by atoms with Crippen molar-refractivity contribution in [3.8, 4) is 0 Å². The van der Waals surface area contributed by atoms with Crippen LogP contribution in [0.2, 0.25) is 5.02 Å². The predicted molar refractivity (Wildman–Crippen MR) is 83.4 cm³/mol. The second-order valence-electron chi connectivity index (χ2n) is 5.63. The highest BCUT2D eigenvalue weighted by atomic mass is 35.7. The Morgan fingerprint density at radius 3 is 2.48 bits per heavy atom. The van der Waals surface area contributed by atoms with Crippen LogP contribution in [0.5, 0.6) is 0 Å². The van der Waals surface area contributed by atoms with Crippen LogP contribution in [0.25, 0.3) is 0 Å². The lowest BCUT2D eigenvalue weighted by atomic mass is 10.1. The van der Waals surface area contributed by atoms with Crippen molar-refractivity contribution in [3.63, 3.8) is 0 Å². The predicted octanol–water partition coefficient (Wildman–Crippen LogP) is 3.53. The summed E-state index contributed by atoms with van der Waals surface area (Å²) in [6, 6.07) is 4.45. The van der Waals surface area contributed by atoms with Crippen molar-refractivity contribution in [3.05, 3.63) is 28.8 Å². The molecule has 1 aliphatic rings. The molecule has 1 aromatic rings. The van der Waals surface area contributed by atoms with Gasteiger partial charge < -0.3 is 4.90 Å². The third-order valence-electron chi connectivity index (χ3n) is 3.26. The fourth-order valence-corrected chi connectivity index (χ4v) is 3.62. The summed E-state index contributed by atoms with van der Waals surface area (Å²) in [6.45, 7) is 4.58. The summed E-state index contributed by atoms with van der Waals surface area (Å²) < 4.78 is 23.4. The van der Waals surface area contributed by atoms with E-state index < -0.39 is 9.05 Å². The summed E-state index contributed by atoms with van der Waals surface area (Å²) in [5.74, 6) is -0.0795. The Morgan fingerprint density at radius 1 is 1.38 bits per heavy atom. The Balaban J connectivity index is 2.47. The average molecular weight is 350 g/mol. The molecule has 116 valence electrons. The van der Waals surface area contributed by atoms with Gasteiger partial charge in [-0.2, -0.15) is 0 Å². The van der Waals surface area contributed by atoms with Crippen molar-refractivity contribution in [2.45, 2.75) is 37.6 Å². The average Bonchev–Trinajstić information content (AvgIpc) is 3.17. The molecule has 7 heteroatoms. The van der Waals surface area contributed by atoms with Gasteiger partial charge in [0.25, 0.3) is 15.0 Å². The van der Waals surface area contributed by atoms with Crippen LogP contribution in [0.3, 0.4) is 0 Å². The quantitative estimate of drug-likeness (QED) is 0.764. The highest BCUT2D eigenvalue weighted by molar-refractivity contribution is 8.13. The summed E-state index contributed by atoms with van der Waals surface area (Å²) in [5, 5.41) is 0.108. The number of rotatable bonds is 5. The molecule has 0 unspecified atom stereocenters.